The van der Waals surface area contributed by atoms with Gasteiger partial charge in [0.25, 0.3) is 0 Å². The van der Waals surface area contributed by atoms with Gasteiger partial charge in [-0.05, 0) is 48.9 Å². The molecule has 0 amide bonds. The molecule has 2 aromatic rings. The molecule has 0 bridgehead atoms. The van der Waals surface area contributed by atoms with E-state index in [2.05, 4.69) is 31.9 Å². The van der Waals surface area contributed by atoms with Gasteiger partial charge in [0.2, 0.25) is 0 Å². The number of rotatable bonds is 4. The van der Waals surface area contributed by atoms with Crippen LogP contribution in [0.15, 0.2) is 36.4 Å². The van der Waals surface area contributed by atoms with Crippen LogP contribution in [0.4, 0.5) is 0 Å². The molecule has 0 aliphatic heterocycles. The number of hydrogen-bond acceptors (Lipinski definition) is 1. The minimum absolute atomic E-state index is 0.109. The molecule has 2 aromatic carbocycles. The maximum Gasteiger partial charge on any atom is 0.196 e. The Kier molecular flexibility index (Phi) is 6.02. The van der Waals surface area contributed by atoms with Crippen LogP contribution in [0.3, 0.4) is 0 Å². The number of ketones is 1. The highest BCUT2D eigenvalue weighted by Gasteiger charge is 2.37. The zero-order chi connectivity index (χ0) is 19.9. The van der Waals surface area contributed by atoms with Gasteiger partial charge in [0.05, 0.1) is 18.7 Å². The molecule has 0 unspecified atom stereocenters. The quantitative estimate of drug-likeness (QED) is 0.278. The van der Waals surface area contributed by atoms with Crippen molar-refractivity contribution in [2.24, 2.45) is 0 Å². The van der Waals surface area contributed by atoms with Crippen LogP contribution in [0.1, 0.15) is 78.4 Å². The molecule has 4 rings (SSSR count). The second-order valence-corrected chi connectivity index (χ2v) is 11.8. The van der Waals surface area contributed by atoms with Crippen LogP contribution in [-0.4, -0.2) is 5.78 Å². The van der Waals surface area contributed by atoms with Gasteiger partial charge >= 0.3 is 0 Å². The third-order valence-corrected chi connectivity index (χ3v) is 9.50. The van der Waals surface area contributed by atoms with Gasteiger partial charge in [-0.15, -0.1) is 0 Å². The smallest absolute Gasteiger partial charge is 0.196 e. The van der Waals surface area contributed by atoms with Crippen molar-refractivity contribution in [1.29, 1.82) is 0 Å². The van der Waals surface area contributed by atoms with Crippen LogP contribution < -0.4 is 0 Å². The molecule has 2 aliphatic carbocycles. The Morgan fingerprint density at radius 1 is 0.714 bits per heavy atom. The summed E-state index contributed by atoms with van der Waals surface area (Å²) in [7, 11) is 0. The topological polar surface area (TPSA) is 17.1 Å². The van der Waals surface area contributed by atoms with E-state index in [1.54, 1.807) is 0 Å². The minimum Gasteiger partial charge on any atom is -0.288 e. The van der Waals surface area contributed by atoms with E-state index in [4.69, 9.17) is 23.2 Å². The minimum atomic E-state index is -0.129. The lowest BCUT2D eigenvalue weighted by Crippen LogP contribution is -2.17. The number of carbonyl (C=O) groups is 1. The van der Waals surface area contributed by atoms with Crippen LogP contribution in [0.5, 0.6) is 0 Å². The molecule has 2 saturated carbocycles. The first kappa shape index (κ1) is 20.9. The molecule has 28 heavy (non-hydrogen) atoms. The van der Waals surface area contributed by atoms with Crippen molar-refractivity contribution >= 4 is 60.8 Å². The summed E-state index contributed by atoms with van der Waals surface area (Å²) >= 11 is 21.3. The van der Waals surface area contributed by atoms with Crippen molar-refractivity contribution in [2.75, 3.05) is 0 Å². The molecular formula is C23H22Br2Cl2O. The van der Waals surface area contributed by atoms with Crippen molar-refractivity contribution in [3.8, 4) is 0 Å². The first-order valence-corrected chi connectivity index (χ1v) is 12.2. The average Bonchev–Trinajstić information content (AvgIpc) is 3.31. The lowest BCUT2D eigenvalue weighted by Gasteiger charge is -2.25. The number of hydrogen-bond donors (Lipinski definition) is 0. The van der Waals surface area contributed by atoms with Crippen molar-refractivity contribution in [1.82, 2.24) is 0 Å². The predicted molar refractivity (Wildman–Crippen MR) is 124 cm³/mol. The first-order chi connectivity index (χ1) is 13.4. The van der Waals surface area contributed by atoms with Crippen LogP contribution in [0.2, 0.25) is 10.0 Å². The molecule has 1 nitrogen and oxygen atoms in total. The maximum atomic E-state index is 13.4. The highest BCUT2D eigenvalue weighted by atomic mass is 79.9. The van der Waals surface area contributed by atoms with Gasteiger partial charge in [-0.3, -0.25) is 4.79 Å². The normalized spacial score (nSPS) is 20.4. The first-order valence-electron chi connectivity index (χ1n) is 9.86. The van der Waals surface area contributed by atoms with E-state index in [0.717, 1.165) is 36.8 Å². The third-order valence-electron chi connectivity index (χ3n) is 6.24. The molecule has 0 saturated heterocycles. The summed E-state index contributed by atoms with van der Waals surface area (Å²) in [5.41, 5.74) is 3.08. The van der Waals surface area contributed by atoms with E-state index in [1.807, 2.05) is 36.4 Å². The summed E-state index contributed by atoms with van der Waals surface area (Å²) < 4.78 is -0.258. The molecule has 0 spiro atoms. The largest absolute Gasteiger partial charge is 0.288 e. The fourth-order valence-corrected chi connectivity index (χ4v) is 7.46. The van der Waals surface area contributed by atoms with Crippen LogP contribution in [-0.2, 0) is 8.65 Å². The molecule has 0 atom stereocenters. The molecule has 5 heteroatoms. The Hall–Kier alpha value is -0.350. The predicted octanol–water partition coefficient (Wildman–Crippen LogP) is 8.55. The number of carbonyl (C=O) groups excluding carboxylic acids is 1. The maximum absolute atomic E-state index is 13.4. The highest BCUT2D eigenvalue weighted by molar-refractivity contribution is 9.09. The molecule has 2 aliphatic rings. The molecular weight excluding hydrogens is 523 g/mol. The SMILES string of the molecule is O=C(c1cccc(C2(Br)CCCC2)c1Cl)c1cccc(C2(Br)CCCC2)c1Cl. The Morgan fingerprint density at radius 2 is 1.07 bits per heavy atom. The zero-order valence-electron chi connectivity index (χ0n) is 15.5. The second kappa shape index (κ2) is 8.06. The summed E-state index contributed by atoms with van der Waals surface area (Å²) in [6, 6.07) is 11.5. The summed E-state index contributed by atoms with van der Waals surface area (Å²) in [6.07, 6.45) is 8.81. The van der Waals surface area contributed by atoms with Gasteiger partial charge < -0.3 is 0 Å². The molecule has 0 aromatic heterocycles. The molecule has 0 N–H and O–H groups in total. The summed E-state index contributed by atoms with van der Waals surface area (Å²) in [4.78, 5) is 13.4. The van der Waals surface area contributed by atoms with Crippen LogP contribution in [0, 0.1) is 0 Å². The lowest BCUT2D eigenvalue weighted by atomic mass is 9.91. The fraction of sp³-hybridized carbons (Fsp3) is 0.435. The number of benzene rings is 2. The van der Waals surface area contributed by atoms with Gasteiger partial charge in [0, 0.05) is 11.1 Å². The van der Waals surface area contributed by atoms with Gasteiger partial charge in [0.1, 0.15) is 0 Å². The van der Waals surface area contributed by atoms with Crippen LogP contribution in [0.25, 0.3) is 0 Å². The summed E-state index contributed by atoms with van der Waals surface area (Å²) in [5.74, 6) is -0.109. The van der Waals surface area contributed by atoms with E-state index in [1.165, 1.54) is 25.7 Å². The van der Waals surface area contributed by atoms with E-state index in [-0.39, 0.29) is 14.4 Å². The molecule has 0 heterocycles. The summed E-state index contributed by atoms with van der Waals surface area (Å²) in [6.45, 7) is 0. The van der Waals surface area contributed by atoms with Gasteiger partial charge in [0.15, 0.2) is 5.78 Å². The zero-order valence-corrected chi connectivity index (χ0v) is 20.2. The van der Waals surface area contributed by atoms with E-state index in [9.17, 15) is 4.79 Å². The van der Waals surface area contributed by atoms with Crippen molar-refractivity contribution in [2.45, 2.75) is 60.0 Å². The van der Waals surface area contributed by atoms with E-state index in [0.29, 0.717) is 21.2 Å². The van der Waals surface area contributed by atoms with Gasteiger partial charge in [-0.2, -0.15) is 0 Å². The third kappa shape index (κ3) is 3.62. The fourth-order valence-electron chi connectivity index (χ4n) is 4.66. The molecule has 2 fully saturated rings. The van der Waals surface area contributed by atoms with Crippen molar-refractivity contribution < 1.29 is 4.79 Å². The Balaban J connectivity index is 1.75. The lowest BCUT2D eigenvalue weighted by molar-refractivity contribution is 0.103. The molecule has 0 radical (unpaired) electrons. The number of halogens is 4. The summed E-state index contributed by atoms with van der Waals surface area (Å²) in [5, 5.41) is 1.09. The van der Waals surface area contributed by atoms with Gasteiger partial charge in [-0.1, -0.05) is 105 Å². The monoisotopic (exact) mass is 542 g/mol. The van der Waals surface area contributed by atoms with E-state index >= 15 is 0 Å². The molecule has 148 valence electrons. The van der Waals surface area contributed by atoms with Crippen molar-refractivity contribution in [3.63, 3.8) is 0 Å². The second-order valence-electron chi connectivity index (χ2n) is 8.01. The Labute approximate surface area is 193 Å². The standard InChI is InChI=1S/C23H22Br2Cl2O/c24-22(11-1-2-12-22)17-9-5-7-15(19(17)26)21(28)16-8-6-10-18(20(16)27)23(25)13-3-4-14-23/h5-10H,1-4,11-14H2. The Bertz CT molecular complexity index is 839. The average molecular weight is 545 g/mol. The van der Waals surface area contributed by atoms with E-state index < -0.39 is 0 Å². The van der Waals surface area contributed by atoms with Crippen LogP contribution >= 0.6 is 55.1 Å². The van der Waals surface area contributed by atoms with Crippen molar-refractivity contribution in [3.05, 3.63) is 68.7 Å². The number of alkyl halides is 2. The highest BCUT2D eigenvalue weighted by Crippen LogP contribution is 2.51. The Morgan fingerprint density at radius 3 is 1.43 bits per heavy atom. The van der Waals surface area contributed by atoms with Gasteiger partial charge in [-0.25, -0.2) is 0 Å².